The molecule has 2 N–H and O–H groups in total. The van der Waals surface area contributed by atoms with Crippen LogP contribution in [0.4, 0.5) is 5.69 Å². The Kier molecular flexibility index (Phi) is 9.70. The van der Waals surface area contributed by atoms with Crippen LogP contribution in [0.15, 0.2) is 41.7 Å². The van der Waals surface area contributed by atoms with Crippen LogP contribution in [0.5, 0.6) is 5.75 Å². The van der Waals surface area contributed by atoms with Gasteiger partial charge in [-0.1, -0.05) is 41.2 Å². The molecule has 148 valence electrons. The van der Waals surface area contributed by atoms with E-state index in [1.165, 1.54) is 0 Å². The fourth-order valence-corrected chi connectivity index (χ4v) is 3.26. The molecule has 0 amide bonds. The van der Waals surface area contributed by atoms with Gasteiger partial charge in [0.15, 0.2) is 11.9 Å². The Bertz CT molecular complexity index is 801. The number of guanidine groups is 1. The van der Waals surface area contributed by atoms with E-state index in [0.29, 0.717) is 39.9 Å². The molecule has 0 bridgehead atoms. The third-order valence-corrected chi connectivity index (χ3v) is 4.43. The molecule has 0 unspecified atom stereocenters. The first-order valence-electron chi connectivity index (χ1n) is 8.74. The van der Waals surface area contributed by atoms with Crippen LogP contribution in [-0.4, -0.2) is 24.1 Å². The molecule has 2 aromatic rings. The van der Waals surface area contributed by atoms with E-state index < -0.39 is 0 Å². The lowest BCUT2D eigenvalue weighted by molar-refractivity contribution is 0.305. The zero-order valence-electron chi connectivity index (χ0n) is 15.1. The summed E-state index contributed by atoms with van der Waals surface area (Å²) >= 11 is 18.0. The Morgan fingerprint density at radius 3 is 2.43 bits per heavy atom. The third kappa shape index (κ3) is 7.81. The first-order chi connectivity index (χ1) is 13.6. The third-order valence-electron chi connectivity index (χ3n) is 3.65. The number of nitrogens with one attached hydrogen (secondary N) is 2. The molecule has 0 aliphatic carbocycles. The average Bonchev–Trinajstić information content (AvgIpc) is 2.66. The van der Waals surface area contributed by atoms with E-state index in [4.69, 9.17) is 44.8 Å². The molecule has 1 heterocycles. The quantitative estimate of drug-likeness (QED) is 0.176. The van der Waals surface area contributed by atoms with Gasteiger partial charge >= 0.3 is 0 Å². The Labute approximate surface area is 179 Å². The van der Waals surface area contributed by atoms with Crippen LogP contribution >= 0.6 is 34.8 Å². The van der Waals surface area contributed by atoms with Crippen LogP contribution in [0, 0.1) is 11.5 Å². The van der Waals surface area contributed by atoms with Gasteiger partial charge in [-0.2, -0.15) is 5.26 Å². The molecule has 0 saturated heterocycles. The summed E-state index contributed by atoms with van der Waals surface area (Å²) in [6.07, 6.45) is 8.96. The molecule has 0 radical (unpaired) electrons. The maximum Gasteiger partial charge on any atom is 0.209 e. The summed E-state index contributed by atoms with van der Waals surface area (Å²) in [5.74, 6) is 0.885. The monoisotopic (exact) mass is 439 g/mol. The van der Waals surface area contributed by atoms with Crippen LogP contribution in [0.1, 0.15) is 25.7 Å². The summed E-state index contributed by atoms with van der Waals surface area (Å²) in [6, 6.07) is 6.81. The standard InChI is InChI=1S/C19H20Cl3N5O/c20-14-11-16(21)18(17(22)12-14)28-10-4-2-1-3-7-25-19(26-13-23)27-15-5-8-24-9-6-15/h5-6,8-9,11-12H,1-4,7,10H2,(H2,24,25,26,27). The van der Waals surface area contributed by atoms with Crippen molar-refractivity contribution in [3.63, 3.8) is 0 Å². The molecule has 28 heavy (non-hydrogen) atoms. The molecule has 0 atom stereocenters. The normalized spacial score (nSPS) is 11.0. The topological polar surface area (TPSA) is 82.3 Å². The second-order valence-corrected chi connectivity index (χ2v) is 7.04. The number of pyridine rings is 1. The van der Waals surface area contributed by atoms with Crippen molar-refractivity contribution >= 4 is 46.4 Å². The maximum atomic E-state index is 8.83. The molecule has 6 nitrogen and oxygen atoms in total. The highest BCUT2D eigenvalue weighted by Gasteiger charge is 2.08. The number of aromatic nitrogens is 1. The van der Waals surface area contributed by atoms with Gasteiger partial charge in [-0.15, -0.1) is 0 Å². The second kappa shape index (κ2) is 12.3. The first kappa shape index (κ1) is 22.1. The van der Waals surface area contributed by atoms with E-state index in [1.807, 2.05) is 6.19 Å². The SMILES string of the molecule is N#CNC(=NCCCCCCOc1c(Cl)cc(Cl)cc1Cl)Nc1ccncc1. The summed E-state index contributed by atoms with van der Waals surface area (Å²) in [5, 5.41) is 15.7. The Hall–Kier alpha value is -2.20. The van der Waals surface area contributed by atoms with E-state index in [0.717, 1.165) is 31.4 Å². The second-order valence-electron chi connectivity index (χ2n) is 5.79. The molecule has 0 aliphatic rings. The van der Waals surface area contributed by atoms with Crippen molar-refractivity contribution in [3.8, 4) is 11.9 Å². The largest absolute Gasteiger partial charge is 0.490 e. The number of hydrogen-bond donors (Lipinski definition) is 2. The van der Waals surface area contributed by atoms with Gasteiger partial charge in [0, 0.05) is 29.6 Å². The van der Waals surface area contributed by atoms with Crippen molar-refractivity contribution < 1.29 is 4.74 Å². The van der Waals surface area contributed by atoms with Gasteiger partial charge in [0.25, 0.3) is 0 Å². The highest BCUT2D eigenvalue weighted by molar-refractivity contribution is 6.40. The maximum absolute atomic E-state index is 8.83. The van der Waals surface area contributed by atoms with Crippen LogP contribution in [0.25, 0.3) is 0 Å². The molecule has 2 rings (SSSR count). The summed E-state index contributed by atoms with van der Waals surface area (Å²) in [5.41, 5.74) is 0.813. The van der Waals surface area contributed by atoms with Crippen LogP contribution < -0.4 is 15.4 Å². The summed E-state index contributed by atoms with van der Waals surface area (Å²) in [7, 11) is 0. The average molecular weight is 441 g/mol. The van der Waals surface area contributed by atoms with E-state index in [1.54, 1.807) is 36.7 Å². The smallest absolute Gasteiger partial charge is 0.209 e. The van der Waals surface area contributed by atoms with Crippen LogP contribution in [0.3, 0.4) is 0 Å². The zero-order valence-corrected chi connectivity index (χ0v) is 17.4. The predicted octanol–water partition coefficient (Wildman–Crippen LogP) is 5.52. The minimum atomic E-state index is 0.408. The number of hydrogen-bond acceptors (Lipinski definition) is 4. The predicted molar refractivity (Wildman–Crippen MR) is 114 cm³/mol. The molecule has 0 fully saturated rings. The van der Waals surface area contributed by atoms with Gasteiger partial charge < -0.3 is 10.1 Å². The van der Waals surface area contributed by atoms with Gasteiger partial charge in [-0.05, 0) is 43.5 Å². The van der Waals surface area contributed by atoms with Crippen LogP contribution in [0.2, 0.25) is 15.1 Å². The number of halogens is 3. The van der Waals surface area contributed by atoms with Crippen molar-refractivity contribution in [3.05, 3.63) is 51.7 Å². The molecule has 1 aromatic heterocycles. The van der Waals surface area contributed by atoms with E-state index in [-0.39, 0.29) is 0 Å². The van der Waals surface area contributed by atoms with Crippen molar-refractivity contribution in [2.45, 2.75) is 25.7 Å². The number of anilines is 1. The molecule has 0 aliphatic heterocycles. The Balaban J connectivity index is 1.65. The zero-order chi connectivity index (χ0) is 20.2. The van der Waals surface area contributed by atoms with Gasteiger partial charge in [0.2, 0.25) is 5.96 Å². The lowest BCUT2D eigenvalue weighted by Crippen LogP contribution is -2.27. The fraction of sp³-hybridized carbons (Fsp3) is 0.316. The van der Waals surface area contributed by atoms with E-state index in [9.17, 15) is 0 Å². The molecule has 0 saturated carbocycles. The summed E-state index contributed by atoms with van der Waals surface area (Å²) in [4.78, 5) is 8.32. The Morgan fingerprint density at radius 2 is 1.75 bits per heavy atom. The number of unbranched alkanes of at least 4 members (excludes halogenated alkanes) is 3. The van der Waals surface area contributed by atoms with Crippen molar-refractivity contribution in [2.75, 3.05) is 18.5 Å². The molecule has 9 heteroatoms. The van der Waals surface area contributed by atoms with Crippen LogP contribution in [-0.2, 0) is 0 Å². The minimum absolute atomic E-state index is 0.408. The number of nitrogens with zero attached hydrogens (tertiary/aromatic N) is 3. The number of rotatable bonds is 9. The summed E-state index contributed by atoms with van der Waals surface area (Å²) in [6.45, 7) is 1.13. The molecular weight excluding hydrogens is 421 g/mol. The lowest BCUT2D eigenvalue weighted by Gasteiger charge is -2.10. The van der Waals surface area contributed by atoms with E-state index in [2.05, 4.69) is 20.6 Å². The molecule has 1 aromatic carbocycles. The minimum Gasteiger partial charge on any atom is -0.490 e. The molecule has 0 spiro atoms. The molecular formula is C19H20Cl3N5O. The lowest BCUT2D eigenvalue weighted by atomic mass is 10.2. The number of ether oxygens (including phenoxy) is 1. The number of aliphatic imine (C=N–C) groups is 1. The number of nitriles is 1. The summed E-state index contributed by atoms with van der Waals surface area (Å²) < 4.78 is 5.65. The van der Waals surface area contributed by atoms with E-state index >= 15 is 0 Å². The number of benzene rings is 1. The Morgan fingerprint density at radius 1 is 1.07 bits per heavy atom. The van der Waals surface area contributed by atoms with Crippen molar-refractivity contribution in [2.24, 2.45) is 4.99 Å². The fourth-order valence-electron chi connectivity index (χ4n) is 2.33. The van der Waals surface area contributed by atoms with Gasteiger partial charge in [0.1, 0.15) is 0 Å². The first-order valence-corrected chi connectivity index (χ1v) is 9.87. The highest BCUT2D eigenvalue weighted by atomic mass is 35.5. The highest BCUT2D eigenvalue weighted by Crippen LogP contribution is 2.35. The van der Waals surface area contributed by atoms with Gasteiger partial charge in [-0.25, -0.2) is 0 Å². The van der Waals surface area contributed by atoms with Gasteiger partial charge in [0.05, 0.1) is 16.7 Å². The van der Waals surface area contributed by atoms with Gasteiger partial charge in [-0.3, -0.25) is 15.3 Å². The van der Waals surface area contributed by atoms with Crippen molar-refractivity contribution in [1.29, 1.82) is 5.26 Å². The van der Waals surface area contributed by atoms with Crippen molar-refractivity contribution in [1.82, 2.24) is 10.3 Å².